The van der Waals surface area contributed by atoms with E-state index in [0.29, 0.717) is 28.0 Å². The van der Waals surface area contributed by atoms with E-state index in [-0.39, 0.29) is 17.9 Å². The predicted molar refractivity (Wildman–Crippen MR) is 117 cm³/mol. The van der Waals surface area contributed by atoms with Crippen molar-refractivity contribution < 1.29 is 9.53 Å². The van der Waals surface area contributed by atoms with Crippen LogP contribution in [0.25, 0.3) is 22.0 Å². The van der Waals surface area contributed by atoms with Crippen molar-refractivity contribution >= 4 is 22.6 Å². The van der Waals surface area contributed by atoms with E-state index in [1.165, 1.54) is 0 Å². The topological polar surface area (TPSA) is 89.0 Å². The second-order valence-corrected chi connectivity index (χ2v) is 7.23. The van der Waals surface area contributed by atoms with Crippen molar-refractivity contribution in [1.82, 2.24) is 14.8 Å². The Morgan fingerprint density at radius 2 is 1.90 bits per heavy atom. The van der Waals surface area contributed by atoms with E-state index in [0.717, 1.165) is 16.8 Å². The summed E-state index contributed by atoms with van der Waals surface area (Å²) in [6.45, 7) is 3.87. The van der Waals surface area contributed by atoms with Crippen LogP contribution in [0.15, 0.2) is 59.5 Å². The summed E-state index contributed by atoms with van der Waals surface area (Å²) in [6, 6.07) is 14.7. The van der Waals surface area contributed by atoms with Crippen molar-refractivity contribution in [2.24, 2.45) is 0 Å². The van der Waals surface area contributed by atoms with Gasteiger partial charge in [0.05, 0.1) is 12.6 Å². The number of benzene rings is 2. The van der Waals surface area contributed by atoms with Gasteiger partial charge in [-0.2, -0.15) is 5.10 Å². The minimum absolute atomic E-state index is 0.0509. The van der Waals surface area contributed by atoms with E-state index in [2.05, 4.69) is 15.5 Å². The Bertz CT molecular complexity index is 1290. The van der Waals surface area contributed by atoms with E-state index in [1.807, 2.05) is 56.3 Å². The number of H-pyrrole nitrogens is 1. The summed E-state index contributed by atoms with van der Waals surface area (Å²) in [5.74, 6) is 0.951. The quantitative estimate of drug-likeness (QED) is 0.533. The summed E-state index contributed by atoms with van der Waals surface area (Å²) in [7, 11) is 1.60. The molecule has 7 nitrogen and oxygen atoms in total. The molecule has 0 aliphatic rings. The lowest BCUT2D eigenvalue weighted by Gasteiger charge is -2.14. The van der Waals surface area contributed by atoms with Crippen molar-refractivity contribution in [2.45, 2.75) is 20.4 Å². The number of pyridine rings is 1. The number of hydrogen-bond acceptors (Lipinski definition) is 4. The van der Waals surface area contributed by atoms with Gasteiger partial charge in [0.2, 0.25) is 5.91 Å². The van der Waals surface area contributed by atoms with Crippen LogP contribution in [0.1, 0.15) is 11.3 Å². The van der Waals surface area contributed by atoms with E-state index >= 15 is 0 Å². The van der Waals surface area contributed by atoms with Gasteiger partial charge in [-0.1, -0.05) is 18.2 Å². The predicted octanol–water partition coefficient (Wildman–Crippen LogP) is 3.66. The number of carbonyl (C=O) groups excluding carboxylic acids is 1. The molecular weight excluding hydrogens is 380 g/mol. The molecular formula is C23H22N4O3. The fraction of sp³-hybridized carbons (Fsp3) is 0.174. The molecule has 0 fully saturated rings. The molecule has 0 radical (unpaired) electrons. The van der Waals surface area contributed by atoms with Crippen LogP contribution in [0.2, 0.25) is 0 Å². The third kappa shape index (κ3) is 3.82. The van der Waals surface area contributed by atoms with Crippen LogP contribution in [-0.2, 0) is 11.3 Å². The molecule has 30 heavy (non-hydrogen) atoms. The molecule has 0 saturated carbocycles. The number of nitrogens with one attached hydrogen (secondary N) is 2. The third-order valence-electron chi connectivity index (χ3n) is 4.93. The Morgan fingerprint density at radius 1 is 1.13 bits per heavy atom. The average molecular weight is 402 g/mol. The Kier molecular flexibility index (Phi) is 5.10. The number of fused-ring (bicyclic) bond motifs is 1. The SMILES string of the molecule is COc1ccc(-c2cn(CC(=O)Nc3cc(C)[nH]n3)c3cc(C)ccc3c2=O)cc1. The zero-order valence-corrected chi connectivity index (χ0v) is 17.0. The summed E-state index contributed by atoms with van der Waals surface area (Å²) in [5, 5.41) is 10.2. The Morgan fingerprint density at radius 3 is 2.57 bits per heavy atom. The van der Waals surface area contributed by atoms with Gasteiger partial charge in [-0.3, -0.25) is 14.7 Å². The number of anilines is 1. The number of nitrogens with zero attached hydrogens (tertiary/aromatic N) is 2. The lowest BCUT2D eigenvalue weighted by atomic mass is 10.0. The van der Waals surface area contributed by atoms with Crippen molar-refractivity contribution in [1.29, 1.82) is 0 Å². The normalized spacial score (nSPS) is 10.9. The zero-order valence-electron chi connectivity index (χ0n) is 17.0. The summed E-state index contributed by atoms with van der Waals surface area (Å²) in [5.41, 5.74) is 3.80. The molecule has 1 amide bonds. The molecule has 0 atom stereocenters. The summed E-state index contributed by atoms with van der Waals surface area (Å²) in [6.07, 6.45) is 1.74. The first kappa shape index (κ1) is 19.4. The number of ether oxygens (including phenoxy) is 1. The Hall–Kier alpha value is -3.87. The van der Waals surface area contributed by atoms with Gasteiger partial charge >= 0.3 is 0 Å². The van der Waals surface area contributed by atoms with E-state index in [9.17, 15) is 9.59 Å². The van der Waals surface area contributed by atoms with E-state index in [4.69, 9.17) is 4.74 Å². The molecule has 4 rings (SSSR count). The summed E-state index contributed by atoms with van der Waals surface area (Å²) < 4.78 is 7.01. The summed E-state index contributed by atoms with van der Waals surface area (Å²) in [4.78, 5) is 25.8. The molecule has 152 valence electrons. The van der Waals surface area contributed by atoms with Gasteiger partial charge in [-0.15, -0.1) is 0 Å². The van der Waals surface area contributed by atoms with Crippen LogP contribution in [0.3, 0.4) is 0 Å². The van der Waals surface area contributed by atoms with Gasteiger partial charge in [0.15, 0.2) is 11.2 Å². The minimum Gasteiger partial charge on any atom is -0.497 e. The van der Waals surface area contributed by atoms with Gasteiger partial charge in [-0.25, -0.2) is 0 Å². The second-order valence-electron chi connectivity index (χ2n) is 7.23. The molecule has 0 bridgehead atoms. The smallest absolute Gasteiger partial charge is 0.245 e. The number of aryl methyl sites for hydroxylation is 2. The van der Waals surface area contributed by atoms with Gasteiger partial charge < -0.3 is 14.6 Å². The third-order valence-corrected chi connectivity index (χ3v) is 4.93. The monoisotopic (exact) mass is 402 g/mol. The molecule has 4 aromatic rings. The largest absolute Gasteiger partial charge is 0.497 e. The fourth-order valence-corrected chi connectivity index (χ4v) is 3.43. The Labute approximate surface area is 173 Å². The average Bonchev–Trinajstić information content (AvgIpc) is 3.14. The van der Waals surface area contributed by atoms with Crippen LogP contribution in [-0.4, -0.2) is 27.8 Å². The van der Waals surface area contributed by atoms with Crippen LogP contribution >= 0.6 is 0 Å². The molecule has 2 aromatic carbocycles. The minimum atomic E-state index is -0.228. The lowest BCUT2D eigenvalue weighted by molar-refractivity contribution is -0.116. The number of hydrogen-bond donors (Lipinski definition) is 2. The molecule has 0 spiro atoms. The first-order chi connectivity index (χ1) is 14.4. The van der Waals surface area contributed by atoms with Gasteiger partial charge in [0.25, 0.3) is 0 Å². The highest BCUT2D eigenvalue weighted by Crippen LogP contribution is 2.23. The molecule has 0 aliphatic heterocycles. The highest BCUT2D eigenvalue weighted by Gasteiger charge is 2.14. The van der Waals surface area contributed by atoms with Crippen molar-refractivity contribution in [3.8, 4) is 16.9 Å². The van der Waals surface area contributed by atoms with Crippen molar-refractivity contribution in [2.75, 3.05) is 12.4 Å². The number of aromatic nitrogens is 3. The first-order valence-electron chi connectivity index (χ1n) is 9.54. The van der Waals surface area contributed by atoms with Crippen LogP contribution < -0.4 is 15.5 Å². The molecule has 2 N–H and O–H groups in total. The molecule has 0 aliphatic carbocycles. The van der Waals surface area contributed by atoms with Gasteiger partial charge in [0, 0.05) is 28.9 Å². The molecule has 2 aromatic heterocycles. The number of methoxy groups -OCH3 is 1. The maximum Gasteiger partial charge on any atom is 0.245 e. The number of amides is 1. The van der Waals surface area contributed by atoms with Crippen molar-refractivity contribution in [3.05, 3.63) is 76.2 Å². The molecule has 0 unspecified atom stereocenters. The summed E-state index contributed by atoms with van der Waals surface area (Å²) >= 11 is 0. The van der Waals surface area contributed by atoms with E-state index < -0.39 is 0 Å². The number of carbonyl (C=O) groups is 1. The highest BCUT2D eigenvalue weighted by atomic mass is 16.5. The highest BCUT2D eigenvalue weighted by molar-refractivity contribution is 5.92. The van der Waals surface area contributed by atoms with Gasteiger partial charge in [0.1, 0.15) is 12.3 Å². The van der Waals surface area contributed by atoms with Gasteiger partial charge in [-0.05, 0) is 49.2 Å². The lowest BCUT2D eigenvalue weighted by Crippen LogP contribution is -2.21. The standard InChI is InChI=1S/C23H22N4O3/c1-14-4-9-18-20(10-14)27(13-22(28)24-21-11-15(2)25-26-21)12-19(23(18)29)16-5-7-17(30-3)8-6-16/h4-12H,13H2,1-3H3,(H2,24,25,26,28). The van der Waals surface area contributed by atoms with Crippen LogP contribution in [0.5, 0.6) is 5.75 Å². The number of rotatable bonds is 5. The molecule has 2 heterocycles. The second kappa shape index (κ2) is 7.87. The first-order valence-corrected chi connectivity index (χ1v) is 9.54. The zero-order chi connectivity index (χ0) is 21.3. The molecule has 7 heteroatoms. The molecule has 0 saturated heterocycles. The Balaban J connectivity index is 1.78. The van der Waals surface area contributed by atoms with Crippen molar-refractivity contribution in [3.63, 3.8) is 0 Å². The van der Waals surface area contributed by atoms with E-state index in [1.54, 1.807) is 23.9 Å². The van der Waals surface area contributed by atoms with Crippen LogP contribution in [0.4, 0.5) is 5.82 Å². The fourth-order valence-electron chi connectivity index (χ4n) is 3.43. The van der Waals surface area contributed by atoms with Crippen LogP contribution in [0, 0.1) is 13.8 Å². The number of aromatic amines is 1. The maximum absolute atomic E-state index is 13.2. The maximum atomic E-state index is 13.2.